The normalized spacial score (nSPS) is 11.5. The van der Waals surface area contributed by atoms with E-state index in [0.717, 1.165) is 19.3 Å². The number of hydrogen-bond donors (Lipinski definition) is 0. The summed E-state index contributed by atoms with van der Waals surface area (Å²) < 4.78 is 13.0. The van der Waals surface area contributed by atoms with Crippen LogP contribution in [0.15, 0.2) is 63.5 Å². The maximum absolute atomic E-state index is 13.4. The number of esters is 1. The Bertz CT molecular complexity index is 1630. The third kappa shape index (κ3) is 9.23. The second-order valence-electron chi connectivity index (χ2n) is 11.5. The summed E-state index contributed by atoms with van der Waals surface area (Å²) in [4.78, 5) is 26.2. The van der Waals surface area contributed by atoms with E-state index in [4.69, 9.17) is 9.15 Å². The summed E-state index contributed by atoms with van der Waals surface area (Å²) in [5, 5.41) is 13.4. The molecule has 0 spiro atoms. The van der Waals surface area contributed by atoms with Gasteiger partial charge in [-0.05, 0) is 78.0 Å². The molecule has 0 fully saturated rings. The van der Waals surface area contributed by atoms with Crippen LogP contribution in [0.5, 0.6) is 5.75 Å². The zero-order chi connectivity index (χ0) is 32.3. The Hall–Kier alpha value is -1.68. The molecule has 0 amide bonds. The first kappa shape index (κ1) is 36.2. The van der Waals surface area contributed by atoms with Gasteiger partial charge in [0.25, 0.3) is 0 Å². The molecule has 45 heavy (non-hydrogen) atoms. The van der Waals surface area contributed by atoms with Gasteiger partial charge in [-0.3, -0.25) is 4.79 Å². The second kappa shape index (κ2) is 18.0. The van der Waals surface area contributed by atoms with Crippen LogP contribution < -0.4 is 10.5 Å². The quantitative estimate of drug-likeness (QED) is 0.0600. The van der Waals surface area contributed by atoms with Crippen molar-refractivity contribution in [1.82, 2.24) is 0 Å². The Morgan fingerprint density at radius 3 is 1.96 bits per heavy atom. The highest BCUT2D eigenvalue weighted by Gasteiger charge is 2.27. The van der Waals surface area contributed by atoms with Gasteiger partial charge in [0.15, 0.2) is 5.76 Å². The van der Waals surface area contributed by atoms with Gasteiger partial charge in [0.2, 0.25) is 5.43 Å². The van der Waals surface area contributed by atoms with Crippen molar-refractivity contribution in [3.05, 3.63) is 70.1 Å². The summed E-state index contributed by atoms with van der Waals surface area (Å²) in [7, 11) is 0. The summed E-state index contributed by atoms with van der Waals surface area (Å²) >= 11 is 13.5. The summed E-state index contributed by atoms with van der Waals surface area (Å²) in [6, 6.07) is 10.6. The van der Waals surface area contributed by atoms with Crippen molar-refractivity contribution >= 4 is 80.7 Å². The van der Waals surface area contributed by atoms with E-state index in [1.54, 1.807) is 24.3 Å². The van der Waals surface area contributed by atoms with Crippen molar-refractivity contribution in [3.8, 4) is 28.2 Å². The first-order chi connectivity index (χ1) is 21.8. The second-order valence-corrected chi connectivity index (χ2v) is 14.8. The van der Waals surface area contributed by atoms with Gasteiger partial charge in [-0.1, -0.05) is 130 Å². The van der Waals surface area contributed by atoms with Crippen LogP contribution in [0.25, 0.3) is 33.4 Å². The standard InChI is InChI=1S/C36H40Br4O5/c1-2-3-4-5-6-7-8-9-10-11-12-13-14-17-20-44-36(43)24-19-16-15-18-23(24)29-25-21-27(37)32(41)30(39)34(25)45-35-26(29)22-28(38)33(42)31(35)40/h15-16,18-19,21-22,41H,2-14,17,20H2,1H3/p-1. The van der Waals surface area contributed by atoms with Gasteiger partial charge in [-0.25, -0.2) is 4.79 Å². The fourth-order valence-electron chi connectivity index (χ4n) is 5.69. The highest BCUT2D eigenvalue weighted by atomic mass is 79.9. The summed E-state index contributed by atoms with van der Waals surface area (Å²) in [6.45, 7) is 2.61. The van der Waals surface area contributed by atoms with Crippen LogP contribution in [-0.2, 0) is 4.74 Å². The molecule has 0 saturated heterocycles. The Morgan fingerprint density at radius 1 is 0.756 bits per heavy atom. The van der Waals surface area contributed by atoms with Crippen LogP contribution in [-0.4, -0.2) is 12.6 Å². The molecular formula is C36H39Br4O5-. The van der Waals surface area contributed by atoms with Gasteiger partial charge >= 0.3 is 5.97 Å². The zero-order valence-electron chi connectivity index (χ0n) is 25.6. The number of halogens is 4. The molecule has 2 aromatic carbocycles. The van der Waals surface area contributed by atoms with Crippen LogP contribution in [0.2, 0.25) is 0 Å². The van der Waals surface area contributed by atoms with Gasteiger partial charge < -0.3 is 14.3 Å². The van der Waals surface area contributed by atoms with Crippen molar-refractivity contribution in [1.29, 1.82) is 0 Å². The van der Waals surface area contributed by atoms with E-state index in [2.05, 4.69) is 70.6 Å². The molecule has 2 aliphatic rings. The molecule has 1 heterocycles. The Kier molecular flexibility index (Phi) is 14.5. The van der Waals surface area contributed by atoms with Crippen molar-refractivity contribution < 1.29 is 19.1 Å². The molecule has 9 heteroatoms. The molecule has 0 unspecified atom stereocenters. The molecule has 2 aromatic rings. The van der Waals surface area contributed by atoms with E-state index >= 15 is 0 Å². The lowest BCUT2D eigenvalue weighted by atomic mass is 9.91. The zero-order valence-corrected chi connectivity index (χ0v) is 32.0. The van der Waals surface area contributed by atoms with Gasteiger partial charge in [0, 0.05) is 21.0 Å². The minimum absolute atomic E-state index is 0.218. The number of benzene rings is 3. The number of carbonyl (C=O) groups is 1. The van der Waals surface area contributed by atoms with Crippen LogP contribution in [0.1, 0.15) is 107 Å². The lowest BCUT2D eigenvalue weighted by Gasteiger charge is -2.21. The number of ether oxygens (including phenoxy) is 1. The fourth-order valence-corrected chi connectivity index (χ4v) is 8.10. The van der Waals surface area contributed by atoms with Gasteiger partial charge in [0.1, 0.15) is 10.1 Å². The van der Waals surface area contributed by atoms with Gasteiger partial charge in [-0.15, -0.1) is 0 Å². The van der Waals surface area contributed by atoms with Crippen LogP contribution in [0, 0.1) is 0 Å². The largest absolute Gasteiger partial charge is 0.871 e. The van der Waals surface area contributed by atoms with Crippen LogP contribution in [0.4, 0.5) is 0 Å². The van der Waals surface area contributed by atoms with Gasteiger partial charge in [-0.2, -0.15) is 0 Å². The Labute approximate surface area is 299 Å². The van der Waals surface area contributed by atoms with Crippen molar-refractivity contribution in [2.45, 2.75) is 96.8 Å². The molecule has 1 aliphatic carbocycles. The third-order valence-electron chi connectivity index (χ3n) is 8.15. The molecule has 1 aliphatic heterocycles. The SMILES string of the molecule is CCCCCCCCCCCCCCCCOC(=O)c1ccccc1-c1c2cc(Br)c(=O)c(Br)c-2oc2c(Br)c([O-])c(Br)cc12. The number of hydrogen-bond acceptors (Lipinski definition) is 5. The van der Waals surface area contributed by atoms with Crippen molar-refractivity contribution in [2.75, 3.05) is 6.61 Å². The Morgan fingerprint density at radius 2 is 1.33 bits per heavy atom. The highest BCUT2D eigenvalue weighted by molar-refractivity contribution is 9.11. The summed E-state index contributed by atoms with van der Waals surface area (Å²) in [6.07, 6.45) is 17.7. The molecule has 0 atom stereocenters. The number of fused-ring (bicyclic) bond motifs is 2. The molecule has 242 valence electrons. The number of unbranched alkanes of at least 4 members (excludes halogenated alkanes) is 13. The van der Waals surface area contributed by atoms with Crippen molar-refractivity contribution in [2.24, 2.45) is 0 Å². The average Bonchev–Trinajstić information content (AvgIpc) is 3.04. The van der Waals surface area contributed by atoms with Crippen LogP contribution in [0.3, 0.4) is 0 Å². The van der Waals surface area contributed by atoms with E-state index in [9.17, 15) is 14.7 Å². The van der Waals surface area contributed by atoms with E-state index in [-0.39, 0.29) is 31.5 Å². The summed E-state index contributed by atoms with van der Waals surface area (Å²) in [5.41, 5.74) is 2.26. The predicted octanol–water partition coefficient (Wildman–Crippen LogP) is 12.3. The number of carbonyl (C=O) groups excluding carboxylic acids is 1. The predicted molar refractivity (Wildman–Crippen MR) is 195 cm³/mol. The molecule has 0 aromatic heterocycles. The van der Waals surface area contributed by atoms with E-state index in [0.29, 0.717) is 43.2 Å². The maximum Gasteiger partial charge on any atom is 0.338 e. The first-order valence-corrected chi connectivity index (χ1v) is 19.1. The summed E-state index contributed by atoms with van der Waals surface area (Å²) in [5.74, 6) is -0.425. The number of rotatable bonds is 17. The molecular weight excluding hydrogens is 832 g/mol. The maximum atomic E-state index is 13.4. The highest BCUT2D eigenvalue weighted by Crippen LogP contribution is 2.48. The molecule has 0 radical (unpaired) electrons. The molecule has 5 nitrogen and oxygen atoms in total. The van der Waals surface area contributed by atoms with Gasteiger partial charge in [0.05, 0.1) is 21.1 Å². The third-order valence-corrected chi connectivity index (χ3v) is 10.8. The average molecular weight is 871 g/mol. The molecule has 0 saturated carbocycles. The van der Waals surface area contributed by atoms with E-state index in [1.807, 2.05) is 12.1 Å². The molecule has 0 bridgehead atoms. The van der Waals surface area contributed by atoms with E-state index in [1.165, 1.54) is 70.6 Å². The molecule has 4 rings (SSSR count). The van der Waals surface area contributed by atoms with Crippen molar-refractivity contribution in [3.63, 3.8) is 0 Å². The topological polar surface area (TPSA) is 79.6 Å². The lowest BCUT2D eigenvalue weighted by molar-refractivity contribution is -0.270. The monoisotopic (exact) mass is 867 g/mol. The Balaban J connectivity index is 1.40. The minimum Gasteiger partial charge on any atom is -0.871 e. The van der Waals surface area contributed by atoms with Crippen LogP contribution >= 0.6 is 63.7 Å². The molecule has 0 N–H and O–H groups in total. The minimum atomic E-state index is -0.417. The fraction of sp³-hybridized carbons (Fsp3) is 0.444. The first-order valence-electron chi connectivity index (χ1n) is 16.0. The van der Waals surface area contributed by atoms with E-state index < -0.39 is 5.97 Å². The smallest absolute Gasteiger partial charge is 0.338 e. The lowest BCUT2D eigenvalue weighted by Crippen LogP contribution is -2.10.